The molecule has 0 radical (unpaired) electrons. The van der Waals surface area contributed by atoms with E-state index in [0.29, 0.717) is 6.54 Å². The van der Waals surface area contributed by atoms with Crippen molar-refractivity contribution in [2.24, 2.45) is 5.92 Å². The fourth-order valence-electron chi connectivity index (χ4n) is 1.36. The van der Waals surface area contributed by atoms with Gasteiger partial charge in [0.2, 0.25) is 17.7 Å². The van der Waals surface area contributed by atoms with Crippen molar-refractivity contribution < 1.29 is 14.4 Å². The molecule has 6 nitrogen and oxygen atoms in total. The molecule has 3 N–H and O–H groups in total. The molecule has 1 unspecified atom stereocenters. The third kappa shape index (κ3) is 6.88. The van der Waals surface area contributed by atoms with E-state index in [2.05, 4.69) is 16.0 Å². The Hall–Kier alpha value is -1.59. The number of hydrogen-bond donors (Lipinski definition) is 3. The summed E-state index contributed by atoms with van der Waals surface area (Å²) in [7, 11) is 0. The van der Waals surface area contributed by atoms with Crippen molar-refractivity contribution >= 4 is 17.7 Å². The van der Waals surface area contributed by atoms with Crippen molar-refractivity contribution in [2.45, 2.75) is 40.2 Å². The average Bonchev–Trinajstić information content (AvgIpc) is 2.29. The molecular weight excluding hydrogens is 234 g/mol. The van der Waals surface area contributed by atoms with Crippen LogP contribution in [0.5, 0.6) is 0 Å². The highest BCUT2D eigenvalue weighted by Crippen LogP contribution is 2.01. The highest BCUT2D eigenvalue weighted by molar-refractivity contribution is 5.90. The van der Waals surface area contributed by atoms with Crippen molar-refractivity contribution in [3.8, 4) is 0 Å². The first-order valence-corrected chi connectivity index (χ1v) is 6.20. The molecule has 0 aliphatic carbocycles. The number of amides is 3. The van der Waals surface area contributed by atoms with Crippen LogP contribution in [0, 0.1) is 5.92 Å². The summed E-state index contributed by atoms with van der Waals surface area (Å²) in [5.74, 6) is -0.866. The van der Waals surface area contributed by atoms with Gasteiger partial charge in [0.15, 0.2) is 0 Å². The molecule has 0 aromatic carbocycles. The summed E-state index contributed by atoms with van der Waals surface area (Å²) in [5.41, 5.74) is 0. The maximum atomic E-state index is 11.8. The number of nitrogens with one attached hydrogen (secondary N) is 3. The Bertz CT molecular complexity index is 303. The van der Waals surface area contributed by atoms with E-state index in [4.69, 9.17) is 0 Å². The Morgan fingerprint density at radius 2 is 1.72 bits per heavy atom. The second-order valence-electron chi connectivity index (χ2n) is 4.49. The lowest BCUT2D eigenvalue weighted by molar-refractivity contribution is -0.130. The molecule has 1 atom stereocenters. The predicted molar refractivity (Wildman–Crippen MR) is 68.8 cm³/mol. The Kier molecular flexibility index (Phi) is 7.74. The van der Waals surface area contributed by atoms with Gasteiger partial charge in [-0.05, 0) is 12.3 Å². The predicted octanol–water partition coefficient (Wildman–Crippen LogP) is -0.210. The van der Waals surface area contributed by atoms with E-state index in [1.165, 1.54) is 6.92 Å². The van der Waals surface area contributed by atoms with Crippen LogP contribution in [-0.2, 0) is 14.4 Å². The van der Waals surface area contributed by atoms with E-state index < -0.39 is 6.04 Å². The van der Waals surface area contributed by atoms with Gasteiger partial charge in [0.05, 0.1) is 6.54 Å². The molecule has 0 rings (SSSR count). The van der Waals surface area contributed by atoms with Gasteiger partial charge >= 0.3 is 0 Å². The Morgan fingerprint density at radius 1 is 1.11 bits per heavy atom. The van der Waals surface area contributed by atoms with Crippen LogP contribution in [0.1, 0.15) is 34.1 Å². The third-order valence-corrected chi connectivity index (χ3v) is 2.30. The fraction of sp³-hybridized carbons (Fsp3) is 0.750. The maximum Gasteiger partial charge on any atom is 0.243 e. The minimum atomic E-state index is -0.610. The summed E-state index contributed by atoms with van der Waals surface area (Å²) in [6.45, 7) is 7.49. The first-order valence-electron chi connectivity index (χ1n) is 6.20. The summed E-state index contributed by atoms with van der Waals surface area (Å²) in [6, 6.07) is -0.610. The van der Waals surface area contributed by atoms with Crippen molar-refractivity contribution in [1.29, 1.82) is 0 Å². The van der Waals surface area contributed by atoms with Crippen LogP contribution in [0.25, 0.3) is 0 Å². The number of rotatable bonds is 7. The largest absolute Gasteiger partial charge is 0.355 e. The molecule has 0 bridgehead atoms. The van der Waals surface area contributed by atoms with E-state index in [-0.39, 0.29) is 30.2 Å². The van der Waals surface area contributed by atoms with Crippen molar-refractivity contribution in [3.63, 3.8) is 0 Å². The van der Waals surface area contributed by atoms with Crippen LogP contribution in [-0.4, -0.2) is 36.9 Å². The first-order chi connectivity index (χ1) is 8.38. The number of carbonyl (C=O) groups excluding carboxylic acids is 3. The summed E-state index contributed by atoms with van der Waals surface area (Å²) >= 11 is 0. The lowest BCUT2D eigenvalue weighted by Gasteiger charge is -2.20. The fourth-order valence-corrected chi connectivity index (χ4v) is 1.36. The second kappa shape index (κ2) is 8.49. The Labute approximate surface area is 108 Å². The second-order valence-corrected chi connectivity index (χ2v) is 4.49. The van der Waals surface area contributed by atoms with Crippen molar-refractivity contribution in [1.82, 2.24) is 16.0 Å². The zero-order valence-corrected chi connectivity index (χ0v) is 11.5. The molecule has 0 aliphatic rings. The molecule has 0 saturated carbocycles. The average molecular weight is 257 g/mol. The highest BCUT2D eigenvalue weighted by Gasteiger charge is 2.22. The number of carbonyl (C=O) groups is 3. The van der Waals surface area contributed by atoms with E-state index in [1.807, 2.05) is 20.8 Å². The smallest absolute Gasteiger partial charge is 0.243 e. The summed E-state index contributed by atoms with van der Waals surface area (Å²) < 4.78 is 0. The molecule has 104 valence electrons. The molecule has 0 heterocycles. The lowest BCUT2D eigenvalue weighted by atomic mass is 10.0. The van der Waals surface area contributed by atoms with Crippen LogP contribution in [0.15, 0.2) is 0 Å². The molecule has 0 fully saturated rings. The first kappa shape index (κ1) is 16.4. The Balaban J connectivity index is 4.18. The van der Waals surface area contributed by atoms with Crippen LogP contribution in [0.2, 0.25) is 0 Å². The topological polar surface area (TPSA) is 87.3 Å². The van der Waals surface area contributed by atoms with Gasteiger partial charge in [-0.2, -0.15) is 0 Å². The van der Waals surface area contributed by atoms with E-state index >= 15 is 0 Å². The van der Waals surface area contributed by atoms with Gasteiger partial charge in [-0.15, -0.1) is 0 Å². The van der Waals surface area contributed by atoms with E-state index in [1.54, 1.807) is 0 Å². The molecule has 6 heteroatoms. The summed E-state index contributed by atoms with van der Waals surface area (Å²) in [5, 5.41) is 7.73. The molecular formula is C12H23N3O3. The van der Waals surface area contributed by atoms with Gasteiger partial charge < -0.3 is 16.0 Å². The summed E-state index contributed by atoms with van der Waals surface area (Å²) in [4.78, 5) is 34.1. The van der Waals surface area contributed by atoms with Gasteiger partial charge in [0, 0.05) is 13.5 Å². The summed E-state index contributed by atoms with van der Waals surface area (Å²) in [6.07, 6.45) is 0.847. The minimum Gasteiger partial charge on any atom is -0.355 e. The van der Waals surface area contributed by atoms with Gasteiger partial charge in [-0.3, -0.25) is 14.4 Å². The van der Waals surface area contributed by atoms with E-state index in [9.17, 15) is 14.4 Å². The van der Waals surface area contributed by atoms with E-state index in [0.717, 1.165) is 6.42 Å². The highest BCUT2D eigenvalue weighted by atomic mass is 16.2. The standard InChI is InChI=1S/C12H23N3O3/c1-5-6-13-10(17)7-14-12(18)11(8(2)3)15-9(4)16/h8,11H,5-7H2,1-4H3,(H,13,17)(H,14,18)(H,15,16). The SMILES string of the molecule is CCCNC(=O)CNC(=O)C(NC(C)=O)C(C)C. The molecule has 18 heavy (non-hydrogen) atoms. The number of hydrogen-bond acceptors (Lipinski definition) is 3. The molecule has 3 amide bonds. The van der Waals surface area contributed by atoms with Crippen LogP contribution < -0.4 is 16.0 Å². The zero-order valence-electron chi connectivity index (χ0n) is 11.5. The maximum absolute atomic E-state index is 11.8. The monoisotopic (exact) mass is 257 g/mol. The molecule has 0 saturated heterocycles. The molecule has 0 aromatic heterocycles. The zero-order chi connectivity index (χ0) is 14.1. The third-order valence-electron chi connectivity index (χ3n) is 2.30. The molecule has 0 spiro atoms. The van der Waals surface area contributed by atoms with Gasteiger partial charge in [0.25, 0.3) is 0 Å². The minimum absolute atomic E-state index is 0.0346. The normalized spacial score (nSPS) is 11.8. The van der Waals surface area contributed by atoms with Gasteiger partial charge in [0.1, 0.15) is 6.04 Å². The van der Waals surface area contributed by atoms with Crippen LogP contribution in [0.4, 0.5) is 0 Å². The Morgan fingerprint density at radius 3 is 2.17 bits per heavy atom. The van der Waals surface area contributed by atoms with Crippen molar-refractivity contribution in [3.05, 3.63) is 0 Å². The quantitative estimate of drug-likeness (QED) is 0.590. The molecule has 0 aromatic rings. The van der Waals surface area contributed by atoms with Gasteiger partial charge in [-0.25, -0.2) is 0 Å². The van der Waals surface area contributed by atoms with Gasteiger partial charge in [-0.1, -0.05) is 20.8 Å². The van der Waals surface area contributed by atoms with Crippen LogP contribution in [0.3, 0.4) is 0 Å². The lowest BCUT2D eigenvalue weighted by Crippen LogP contribution is -2.51. The van der Waals surface area contributed by atoms with Crippen LogP contribution >= 0.6 is 0 Å². The van der Waals surface area contributed by atoms with Crippen molar-refractivity contribution in [2.75, 3.05) is 13.1 Å². The molecule has 0 aliphatic heterocycles.